The van der Waals surface area contributed by atoms with Crippen LogP contribution in [0, 0.1) is 0 Å². The van der Waals surface area contributed by atoms with E-state index in [0.717, 1.165) is 19.3 Å². The molecule has 1 aromatic heterocycles. The van der Waals surface area contributed by atoms with E-state index >= 15 is 0 Å². The smallest absolute Gasteiger partial charge is 0.341 e. The second kappa shape index (κ2) is 9.19. The van der Waals surface area contributed by atoms with Gasteiger partial charge in [0.05, 0.1) is 12.2 Å². The lowest BCUT2D eigenvalue weighted by Gasteiger charge is -2.08. The van der Waals surface area contributed by atoms with Gasteiger partial charge in [-0.2, -0.15) is 0 Å². The number of rotatable bonds is 2. The molecular formula is C18H29NO2S. The maximum Gasteiger partial charge on any atom is 0.341 e. The van der Waals surface area contributed by atoms with Crippen molar-refractivity contribution in [2.24, 2.45) is 0 Å². The fourth-order valence-corrected chi connectivity index (χ4v) is 4.40. The van der Waals surface area contributed by atoms with Gasteiger partial charge in [0.15, 0.2) is 0 Å². The van der Waals surface area contributed by atoms with Crippen molar-refractivity contribution in [2.75, 3.05) is 12.3 Å². The lowest BCUT2D eigenvalue weighted by molar-refractivity contribution is 0.0527. The number of carbonyl (C=O) groups is 1. The Bertz CT molecular complexity index is 482. The second-order valence-electron chi connectivity index (χ2n) is 6.15. The van der Waals surface area contributed by atoms with Gasteiger partial charge in [-0.1, -0.05) is 44.9 Å². The highest BCUT2D eigenvalue weighted by Gasteiger charge is 2.22. The van der Waals surface area contributed by atoms with E-state index in [1.54, 1.807) is 11.3 Å². The van der Waals surface area contributed by atoms with Gasteiger partial charge in [-0.3, -0.25) is 0 Å². The fourth-order valence-electron chi connectivity index (χ4n) is 3.25. The summed E-state index contributed by atoms with van der Waals surface area (Å²) >= 11 is 1.60. The molecule has 0 atom stereocenters. The summed E-state index contributed by atoms with van der Waals surface area (Å²) in [5, 5.41) is 0.649. The van der Waals surface area contributed by atoms with Gasteiger partial charge in [0.2, 0.25) is 0 Å². The predicted octanol–water partition coefficient (Wildman–Crippen LogP) is 5.12. The zero-order valence-electron chi connectivity index (χ0n) is 13.8. The first kappa shape index (κ1) is 17.3. The van der Waals surface area contributed by atoms with Gasteiger partial charge in [0.25, 0.3) is 0 Å². The topological polar surface area (TPSA) is 52.3 Å². The van der Waals surface area contributed by atoms with Crippen LogP contribution in [-0.2, 0) is 17.6 Å². The van der Waals surface area contributed by atoms with Crippen molar-refractivity contribution >= 4 is 22.3 Å². The molecule has 1 aliphatic carbocycles. The fraction of sp³-hybridized carbons (Fsp3) is 0.722. The molecule has 0 bridgehead atoms. The third-order valence-electron chi connectivity index (χ3n) is 4.43. The van der Waals surface area contributed by atoms with E-state index in [2.05, 4.69) is 0 Å². The van der Waals surface area contributed by atoms with Gasteiger partial charge < -0.3 is 10.5 Å². The first-order chi connectivity index (χ1) is 10.7. The zero-order chi connectivity index (χ0) is 15.8. The average Bonchev–Trinajstić information content (AvgIpc) is 2.81. The van der Waals surface area contributed by atoms with Gasteiger partial charge in [-0.25, -0.2) is 4.79 Å². The number of nitrogens with two attached hydrogens (primary N) is 1. The Morgan fingerprint density at radius 1 is 1.00 bits per heavy atom. The molecule has 124 valence electrons. The van der Waals surface area contributed by atoms with E-state index < -0.39 is 0 Å². The van der Waals surface area contributed by atoms with Gasteiger partial charge in [0.1, 0.15) is 5.00 Å². The minimum absolute atomic E-state index is 0.234. The highest BCUT2D eigenvalue weighted by molar-refractivity contribution is 7.16. The number of hydrogen-bond donors (Lipinski definition) is 1. The third-order valence-corrected chi connectivity index (χ3v) is 5.55. The van der Waals surface area contributed by atoms with Crippen molar-refractivity contribution in [3.63, 3.8) is 0 Å². The van der Waals surface area contributed by atoms with Crippen molar-refractivity contribution in [2.45, 2.75) is 77.6 Å². The number of thiophene rings is 1. The monoisotopic (exact) mass is 323 g/mol. The predicted molar refractivity (Wildman–Crippen MR) is 93.6 cm³/mol. The Balaban J connectivity index is 2.18. The van der Waals surface area contributed by atoms with Crippen molar-refractivity contribution in [3.8, 4) is 0 Å². The Morgan fingerprint density at radius 3 is 2.14 bits per heavy atom. The quantitative estimate of drug-likeness (QED) is 0.769. The molecule has 0 saturated heterocycles. The zero-order valence-corrected chi connectivity index (χ0v) is 14.6. The van der Waals surface area contributed by atoms with E-state index in [1.165, 1.54) is 61.8 Å². The standard InChI is InChI=1S/C18H29NO2S/c1-2-21-18(20)16-14-12-10-8-6-4-3-5-7-9-11-13-15(14)22-17(16)19/h2-13,19H2,1H3. The molecule has 1 heterocycles. The molecule has 3 nitrogen and oxygen atoms in total. The van der Waals surface area contributed by atoms with E-state index in [1.807, 2.05) is 6.92 Å². The van der Waals surface area contributed by atoms with Gasteiger partial charge in [0, 0.05) is 4.88 Å². The van der Waals surface area contributed by atoms with Crippen LogP contribution < -0.4 is 5.73 Å². The van der Waals surface area contributed by atoms with Gasteiger partial charge in [-0.05, 0) is 38.2 Å². The number of aryl methyl sites for hydroxylation is 1. The molecule has 1 aromatic rings. The number of anilines is 1. The molecule has 2 N–H and O–H groups in total. The van der Waals surface area contributed by atoms with Crippen LogP contribution in [0.15, 0.2) is 0 Å². The van der Waals surface area contributed by atoms with E-state index in [4.69, 9.17) is 10.5 Å². The summed E-state index contributed by atoms with van der Waals surface area (Å²) in [4.78, 5) is 13.6. The van der Waals surface area contributed by atoms with Crippen LogP contribution in [0.2, 0.25) is 0 Å². The minimum Gasteiger partial charge on any atom is -0.462 e. The molecule has 22 heavy (non-hydrogen) atoms. The molecular weight excluding hydrogens is 294 g/mol. The van der Waals surface area contributed by atoms with E-state index in [0.29, 0.717) is 17.2 Å². The van der Waals surface area contributed by atoms with Crippen LogP contribution in [0.3, 0.4) is 0 Å². The van der Waals surface area contributed by atoms with Gasteiger partial charge in [-0.15, -0.1) is 11.3 Å². The van der Waals surface area contributed by atoms with Crippen LogP contribution in [0.1, 0.15) is 85.5 Å². The maximum absolute atomic E-state index is 12.2. The Hall–Kier alpha value is -1.03. The van der Waals surface area contributed by atoms with E-state index in [9.17, 15) is 4.79 Å². The van der Waals surface area contributed by atoms with Crippen LogP contribution >= 0.6 is 11.3 Å². The highest BCUT2D eigenvalue weighted by Crippen LogP contribution is 2.34. The SMILES string of the molecule is CCOC(=O)c1c(N)sc2c1CCCCCCCCCCC2. The summed E-state index contributed by atoms with van der Waals surface area (Å²) in [6, 6.07) is 0. The van der Waals surface area contributed by atoms with Crippen LogP contribution in [0.25, 0.3) is 0 Å². The number of hydrogen-bond acceptors (Lipinski definition) is 4. The summed E-state index contributed by atoms with van der Waals surface area (Å²) in [5.74, 6) is -0.234. The lowest BCUT2D eigenvalue weighted by atomic mass is 10.0. The number of esters is 1. The molecule has 0 saturated carbocycles. The second-order valence-corrected chi connectivity index (χ2v) is 7.28. The maximum atomic E-state index is 12.2. The van der Waals surface area contributed by atoms with Crippen LogP contribution in [0.5, 0.6) is 0 Å². The summed E-state index contributed by atoms with van der Waals surface area (Å²) in [5.41, 5.74) is 7.98. The number of carbonyl (C=O) groups excluding carboxylic acids is 1. The Labute approximate surface area is 138 Å². The number of nitrogen functional groups attached to an aromatic ring is 1. The average molecular weight is 324 g/mol. The molecule has 0 fully saturated rings. The van der Waals surface area contributed by atoms with Crippen molar-refractivity contribution in [1.29, 1.82) is 0 Å². The molecule has 1 aliphatic rings. The van der Waals surface area contributed by atoms with Crippen LogP contribution in [0.4, 0.5) is 5.00 Å². The summed E-state index contributed by atoms with van der Waals surface area (Å²) < 4.78 is 5.21. The van der Waals surface area contributed by atoms with Crippen molar-refractivity contribution in [1.82, 2.24) is 0 Å². The summed E-state index contributed by atoms with van der Waals surface area (Å²) in [6.07, 6.45) is 13.7. The molecule has 0 unspecified atom stereocenters. The largest absolute Gasteiger partial charge is 0.462 e. The minimum atomic E-state index is -0.234. The Kier molecular flexibility index (Phi) is 7.23. The first-order valence-electron chi connectivity index (χ1n) is 8.81. The number of ether oxygens (including phenoxy) is 1. The molecule has 0 amide bonds. The molecule has 0 aromatic carbocycles. The van der Waals surface area contributed by atoms with Gasteiger partial charge >= 0.3 is 5.97 Å². The lowest BCUT2D eigenvalue weighted by Crippen LogP contribution is -2.09. The molecule has 0 spiro atoms. The van der Waals surface area contributed by atoms with Crippen LogP contribution in [-0.4, -0.2) is 12.6 Å². The van der Waals surface area contributed by atoms with Crippen molar-refractivity contribution < 1.29 is 9.53 Å². The summed E-state index contributed by atoms with van der Waals surface area (Å²) in [6.45, 7) is 2.25. The van der Waals surface area contributed by atoms with E-state index in [-0.39, 0.29) is 5.97 Å². The Morgan fingerprint density at radius 2 is 1.55 bits per heavy atom. The normalized spacial score (nSPS) is 17.7. The third kappa shape index (κ3) is 4.73. The molecule has 4 heteroatoms. The molecule has 0 radical (unpaired) electrons. The van der Waals surface area contributed by atoms with Crippen molar-refractivity contribution in [3.05, 3.63) is 16.0 Å². The highest BCUT2D eigenvalue weighted by atomic mass is 32.1. The molecule has 0 aliphatic heterocycles. The summed E-state index contributed by atoms with van der Waals surface area (Å²) in [7, 11) is 0. The number of fused-ring (bicyclic) bond motifs is 1. The molecule has 2 rings (SSSR count). The first-order valence-corrected chi connectivity index (χ1v) is 9.62.